The van der Waals surface area contributed by atoms with Gasteiger partial charge in [0.25, 0.3) is 0 Å². The van der Waals surface area contributed by atoms with E-state index in [0.717, 1.165) is 51.9 Å². The lowest BCUT2D eigenvalue weighted by Crippen LogP contribution is -2.41. The minimum Gasteiger partial charge on any atom is -0.389 e. The van der Waals surface area contributed by atoms with Crippen LogP contribution in [-0.2, 0) is 9.47 Å². The molecule has 1 atom stereocenters. The first-order valence-corrected chi connectivity index (χ1v) is 8.56. The molecule has 0 aliphatic carbocycles. The lowest BCUT2D eigenvalue weighted by molar-refractivity contribution is 0.0123. The van der Waals surface area contributed by atoms with Gasteiger partial charge >= 0.3 is 0 Å². The molecule has 0 aromatic rings. The van der Waals surface area contributed by atoms with Crippen LogP contribution < -0.4 is 0 Å². The summed E-state index contributed by atoms with van der Waals surface area (Å²) < 4.78 is 10.7. The normalized spacial score (nSPS) is 24.3. The highest BCUT2D eigenvalue weighted by molar-refractivity contribution is 4.76. The van der Waals surface area contributed by atoms with Gasteiger partial charge in [-0.1, -0.05) is 0 Å². The van der Waals surface area contributed by atoms with Crippen LogP contribution in [0.15, 0.2) is 0 Å². The highest BCUT2D eigenvalue weighted by Crippen LogP contribution is 2.21. The Morgan fingerprint density at radius 3 is 2.52 bits per heavy atom. The number of hydrogen-bond acceptors (Lipinski definition) is 5. The molecule has 21 heavy (non-hydrogen) atoms. The quantitative estimate of drug-likeness (QED) is 0.719. The second kappa shape index (κ2) is 9.74. The Labute approximate surface area is 129 Å². The Morgan fingerprint density at radius 2 is 1.86 bits per heavy atom. The fraction of sp³-hybridized carbons (Fsp3) is 1.00. The number of hydrogen-bond donors (Lipinski definition) is 1. The van der Waals surface area contributed by atoms with E-state index in [9.17, 15) is 5.11 Å². The molecule has 2 aliphatic rings. The lowest BCUT2D eigenvalue weighted by Gasteiger charge is -2.34. The van der Waals surface area contributed by atoms with Crippen LogP contribution in [0.1, 0.15) is 26.2 Å². The number of piperidine rings is 1. The van der Waals surface area contributed by atoms with Gasteiger partial charge in [0.05, 0.1) is 25.9 Å². The van der Waals surface area contributed by atoms with Crippen molar-refractivity contribution in [1.82, 2.24) is 9.80 Å². The van der Waals surface area contributed by atoms with Crippen molar-refractivity contribution in [3.8, 4) is 0 Å². The first kappa shape index (κ1) is 17.2. The van der Waals surface area contributed by atoms with Crippen LogP contribution in [0.3, 0.4) is 0 Å². The highest BCUT2D eigenvalue weighted by Gasteiger charge is 2.22. The zero-order valence-electron chi connectivity index (χ0n) is 13.5. The van der Waals surface area contributed by atoms with Crippen LogP contribution in [0, 0.1) is 5.92 Å². The second-order valence-corrected chi connectivity index (χ2v) is 6.30. The number of aliphatic hydroxyl groups excluding tert-OH is 1. The van der Waals surface area contributed by atoms with Crippen molar-refractivity contribution in [2.45, 2.75) is 32.3 Å². The largest absolute Gasteiger partial charge is 0.389 e. The average Bonchev–Trinajstić information content (AvgIpc) is 2.53. The Balaban J connectivity index is 1.55. The molecule has 1 unspecified atom stereocenters. The Hall–Kier alpha value is -0.200. The molecule has 124 valence electrons. The Kier molecular flexibility index (Phi) is 7.96. The maximum Gasteiger partial charge on any atom is 0.0900 e. The molecule has 2 aliphatic heterocycles. The standard InChI is InChI=1S/C16H32N2O3/c1-2-20-14-16(19)13-18-7-4-15(5-8-18)3-6-17-9-11-21-12-10-17/h15-16,19H,2-14H2,1H3. The van der Waals surface area contributed by atoms with Crippen molar-refractivity contribution in [3.05, 3.63) is 0 Å². The number of ether oxygens (including phenoxy) is 2. The topological polar surface area (TPSA) is 45.2 Å². The van der Waals surface area contributed by atoms with E-state index in [0.29, 0.717) is 13.2 Å². The zero-order chi connectivity index (χ0) is 14.9. The highest BCUT2D eigenvalue weighted by atomic mass is 16.5. The van der Waals surface area contributed by atoms with Crippen LogP contribution in [0.25, 0.3) is 0 Å². The molecule has 0 amide bonds. The van der Waals surface area contributed by atoms with Crippen LogP contribution in [0.2, 0.25) is 0 Å². The van der Waals surface area contributed by atoms with Gasteiger partial charge in [0.2, 0.25) is 0 Å². The number of β-amino-alcohol motifs (C(OH)–C–C–N with tert-alkyl or cyclic N) is 1. The van der Waals surface area contributed by atoms with Crippen molar-refractivity contribution in [2.24, 2.45) is 5.92 Å². The second-order valence-electron chi connectivity index (χ2n) is 6.30. The Bertz CT molecular complexity index is 264. The third kappa shape index (κ3) is 6.61. The molecule has 1 N–H and O–H groups in total. The fourth-order valence-corrected chi connectivity index (χ4v) is 3.25. The van der Waals surface area contributed by atoms with E-state index >= 15 is 0 Å². The summed E-state index contributed by atoms with van der Waals surface area (Å²) in [6, 6.07) is 0. The molecule has 0 radical (unpaired) electrons. The molecule has 0 bridgehead atoms. The molecule has 0 aromatic heterocycles. The number of rotatable bonds is 8. The summed E-state index contributed by atoms with van der Waals surface area (Å²) in [5.41, 5.74) is 0. The Morgan fingerprint density at radius 1 is 1.14 bits per heavy atom. The number of nitrogens with zero attached hydrogens (tertiary/aromatic N) is 2. The fourth-order valence-electron chi connectivity index (χ4n) is 3.25. The molecule has 0 spiro atoms. The molecular formula is C16H32N2O3. The third-order valence-corrected chi connectivity index (χ3v) is 4.65. The van der Waals surface area contributed by atoms with E-state index in [4.69, 9.17) is 9.47 Å². The van der Waals surface area contributed by atoms with Crippen LogP contribution in [-0.4, -0.2) is 86.7 Å². The van der Waals surface area contributed by atoms with Gasteiger partial charge in [-0.15, -0.1) is 0 Å². The zero-order valence-corrected chi connectivity index (χ0v) is 13.5. The minimum atomic E-state index is -0.338. The first-order valence-electron chi connectivity index (χ1n) is 8.56. The monoisotopic (exact) mass is 300 g/mol. The summed E-state index contributed by atoms with van der Waals surface area (Å²) >= 11 is 0. The van der Waals surface area contributed by atoms with Crippen molar-refractivity contribution >= 4 is 0 Å². The number of likely N-dealkylation sites (tertiary alicyclic amines) is 1. The number of morpholine rings is 1. The predicted octanol–water partition coefficient (Wildman–Crippen LogP) is 0.818. The van der Waals surface area contributed by atoms with E-state index in [1.165, 1.54) is 25.8 Å². The van der Waals surface area contributed by atoms with E-state index in [2.05, 4.69) is 9.80 Å². The van der Waals surface area contributed by atoms with Crippen molar-refractivity contribution in [1.29, 1.82) is 0 Å². The van der Waals surface area contributed by atoms with Crippen molar-refractivity contribution in [3.63, 3.8) is 0 Å². The van der Waals surface area contributed by atoms with Gasteiger partial charge < -0.3 is 19.5 Å². The number of aliphatic hydroxyl groups is 1. The minimum absolute atomic E-state index is 0.338. The predicted molar refractivity (Wildman–Crippen MR) is 83.5 cm³/mol. The van der Waals surface area contributed by atoms with E-state index in [-0.39, 0.29) is 6.10 Å². The third-order valence-electron chi connectivity index (χ3n) is 4.65. The first-order chi connectivity index (χ1) is 10.3. The van der Waals surface area contributed by atoms with E-state index in [1.54, 1.807) is 0 Å². The van der Waals surface area contributed by atoms with Crippen LogP contribution in [0.4, 0.5) is 0 Å². The van der Waals surface area contributed by atoms with Gasteiger partial charge in [-0.05, 0) is 51.7 Å². The summed E-state index contributed by atoms with van der Waals surface area (Å²) in [5.74, 6) is 0.855. The SMILES string of the molecule is CCOCC(O)CN1CCC(CCN2CCOCC2)CC1. The maximum absolute atomic E-state index is 9.89. The van der Waals surface area contributed by atoms with Gasteiger partial charge in [0, 0.05) is 26.2 Å². The summed E-state index contributed by atoms with van der Waals surface area (Å²) in [7, 11) is 0. The molecule has 5 nitrogen and oxygen atoms in total. The molecular weight excluding hydrogens is 268 g/mol. The average molecular weight is 300 g/mol. The summed E-state index contributed by atoms with van der Waals surface area (Å²) in [4.78, 5) is 4.91. The molecule has 0 saturated carbocycles. The molecule has 2 heterocycles. The van der Waals surface area contributed by atoms with E-state index in [1.807, 2.05) is 6.92 Å². The van der Waals surface area contributed by atoms with Crippen molar-refractivity contribution < 1.29 is 14.6 Å². The molecule has 0 aromatic carbocycles. The van der Waals surface area contributed by atoms with Gasteiger partial charge in [-0.25, -0.2) is 0 Å². The van der Waals surface area contributed by atoms with Crippen LogP contribution >= 0.6 is 0 Å². The van der Waals surface area contributed by atoms with Crippen LogP contribution in [0.5, 0.6) is 0 Å². The van der Waals surface area contributed by atoms with Gasteiger partial charge in [-0.2, -0.15) is 0 Å². The summed E-state index contributed by atoms with van der Waals surface area (Å²) in [6.07, 6.45) is 3.52. The molecule has 2 fully saturated rings. The summed E-state index contributed by atoms with van der Waals surface area (Å²) in [5, 5.41) is 9.89. The smallest absolute Gasteiger partial charge is 0.0900 e. The van der Waals surface area contributed by atoms with E-state index < -0.39 is 0 Å². The maximum atomic E-state index is 9.89. The summed E-state index contributed by atoms with van der Waals surface area (Å²) in [6.45, 7) is 11.3. The van der Waals surface area contributed by atoms with Gasteiger partial charge in [0.1, 0.15) is 0 Å². The van der Waals surface area contributed by atoms with Gasteiger partial charge in [-0.3, -0.25) is 4.90 Å². The molecule has 2 rings (SSSR count). The lowest BCUT2D eigenvalue weighted by atomic mass is 9.93. The van der Waals surface area contributed by atoms with Crippen molar-refractivity contribution in [2.75, 3.05) is 65.7 Å². The van der Waals surface area contributed by atoms with Gasteiger partial charge in [0.15, 0.2) is 0 Å². The molecule has 5 heteroatoms. The molecule has 2 saturated heterocycles.